The van der Waals surface area contributed by atoms with Crippen LogP contribution in [0.25, 0.3) is 0 Å². The van der Waals surface area contributed by atoms with Gasteiger partial charge in [0.2, 0.25) is 0 Å². The second-order valence-corrected chi connectivity index (χ2v) is 6.37. The minimum atomic E-state index is -4.34. The fraction of sp³-hybridized carbons (Fsp3) is 0.647. The molecule has 0 bridgehead atoms. The average molecular weight is 331 g/mol. The summed E-state index contributed by atoms with van der Waals surface area (Å²) in [6.45, 7) is 2.19. The first-order valence-corrected chi connectivity index (χ1v) is 7.87. The number of likely N-dealkylation sites (tertiary alicyclic amines) is 1. The predicted octanol–water partition coefficient (Wildman–Crippen LogP) is 3.32. The topological polar surface area (TPSA) is 32.7 Å². The van der Waals surface area contributed by atoms with Gasteiger partial charge < -0.3 is 9.84 Å². The van der Waals surface area contributed by atoms with E-state index in [9.17, 15) is 18.3 Å². The molecule has 1 aromatic carbocycles. The molecule has 1 aliphatic rings. The van der Waals surface area contributed by atoms with E-state index in [4.69, 9.17) is 4.74 Å². The van der Waals surface area contributed by atoms with Crippen molar-refractivity contribution in [2.45, 2.75) is 32.0 Å². The number of rotatable bonds is 6. The van der Waals surface area contributed by atoms with Crippen molar-refractivity contribution in [2.75, 3.05) is 33.4 Å². The third-order valence-corrected chi connectivity index (χ3v) is 4.63. The lowest BCUT2D eigenvalue weighted by molar-refractivity contribution is -0.138. The summed E-state index contributed by atoms with van der Waals surface area (Å²) in [7, 11) is 1.62. The molecule has 1 saturated heterocycles. The van der Waals surface area contributed by atoms with Crippen LogP contribution in [0.2, 0.25) is 0 Å². The molecular weight excluding hydrogens is 307 g/mol. The Kier molecular flexibility index (Phi) is 6.06. The third-order valence-electron chi connectivity index (χ3n) is 4.63. The van der Waals surface area contributed by atoms with Crippen molar-refractivity contribution in [3.05, 3.63) is 35.4 Å². The first-order valence-electron chi connectivity index (χ1n) is 7.87. The molecule has 23 heavy (non-hydrogen) atoms. The lowest BCUT2D eigenvalue weighted by atomic mass is 9.78. The van der Waals surface area contributed by atoms with Crippen molar-refractivity contribution in [3.8, 4) is 0 Å². The molecule has 1 aromatic rings. The van der Waals surface area contributed by atoms with E-state index in [0.717, 1.165) is 31.9 Å². The molecule has 1 aliphatic heterocycles. The Labute approximate surface area is 135 Å². The maximum absolute atomic E-state index is 13.1. The Bertz CT molecular complexity index is 507. The van der Waals surface area contributed by atoms with E-state index in [-0.39, 0.29) is 18.6 Å². The minimum Gasteiger partial charge on any atom is -0.396 e. The lowest BCUT2D eigenvalue weighted by Gasteiger charge is -2.42. The van der Waals surface area contributed by atoms with Crippen molar-refractivity contribution in [1.29, 1.82) is 0 Å². The van der Waals surface area contributed by atoms with Gasteiger partial charge in [0.25, 0.3) is 0 Å². The van der Waals surface area contributed by atoms with E-state index in [0.29, 0.717) is 18.7 Å². The summed E-state index contributed by atoms with van der Waals surface area (Å²) in [6, 6.07) is 5.72. The third kappa shape index (κ3) is 4.68. The van der Waals surface area contributed by atoms with E-state index >= 15 is 0 Å². The van der Waals surface area contributed by atoms with Crippen LogP contribution in [0.1, 0.15) is 30.4 Å². The fourth-order valence-corrected chi connectivity index (χ4v) is 3.35. The van der Waals surface area contributed by atoms with Crippen LogP contribution in [0.15, 0.2) is 24.3 Å². The maximum atomic E-state index is 13.1. The Morgan fingerprint density at radius 3 is 2.70 bits per heavy atom. The van der Waals surface area contributed by atoms with Crippen LogP contribution in [-0.2, 0) is 17.5 Å². The molecule has 1 N–H and O–H groups in total. The molecule has 0 aromatic heterocycles. The van der Waals surface area contributed by atoms with Gasteiger partial charge in [-0.2, -0.15) is 13.2 Å². The zero-order valence-electron chi connectivity index (χ0n) is 13.4. The molecule has 1 atom stereocenters. The van der Waals surface area contributed by atoms with Gasteiger partial charge in [-0.25, -0.2) is 0 Å². The SMILES string of the molecule is COCC[C@@]1(CO)CCCN(Cc2ccccc2C(F)(F)F)C1. The Balaban J connectivity index is 2.11. The van der Waals surface area contributed by atoms with E-state index in [1.54, 1.807) is 13.2 Å². The van der Waals surface area contributed by atoms with Crippen LogP contribution in [0.3, 0.4) is 0 Å². The number of halogens is 3. The standard InChI is InChI=1S/C17H24F3NO2/c1-23-10-8-16(13-22)7-4-9-21(12-16)11-14-5-2-3-6-15(14)17(18,19)20/h2-3,5-6,22H,4,7-13H2,1H3/t16-/m0/s1. The number of alkyl halides is 3. The van der Waals surface area contributed by atoms with Gasteiger partial charge in [-0.15, -0.1) is 0 Å². The number of methoxy groups -OCH3 is 1. The summed E-state index contributed by atoms with van der Waals surface area (Å²) >= 11 is 0. The normalized spacial score (nSPS) is 23.2. The van der Waals surface area contributed by atoms with Crippen molar-refractivity contribution in [1.82, 2.24) is 4.90 Å². The molecule has 0 aliphatic carbocycles. The molecule has 0 radical (unpaired) electrons. The second kappa shape index (κ2) is 7.64. The number of aliphatic hydroxyl groups is 1. The highest BCUT2D eigenvalue weighted by Gasteiger charge is 2.37. The highest BCUT2D eigenvalue weighted by atomic mass is 19.4. The molecule has 0 amide bonds. The number of aliphatic hydroxyl groups excluding tert-OH is 1. The molecule has 0 saturated carbocycles. The number of piperidine rings is 1. The number of benzene rings is 1. The molecule has 2 rings (SSSR count). The first-order chi connectivity index (χ1) is 10.9. The van der Waals surface area contributed by atoms with E-state index in [1.807, 2.05) is 4.90 Å². The van der Waals surface area contributed by atoms with E-state index in [1.165, 1.54) is 12.1 Å². The van der Waals surface area contributed by atoms with Gasteiger partial charge in [0.15, 0.2) is 0 Å². The molecule has 0 unspecified atom stereocenters. The van der Waals surface area contributed by atoms with Crippen LogP contribution in [0, 0.1) is 5.41 Å². The van der Waals surface area contributed by atoms with Crippen molar-refractivity contribution in [2.24, 2.45) is 5.41 Å². The van der Waals surface area contributed by atoms with Crippen molar-refractivity contribution < 1.29 is 23.0 Å². The van der Waals surface area contributed by atoms with Crippen LogP contribution >= 0.6 is 0 Å². The summed E-state index contributed by atoms with van der Waals surface area (Å²) in [5, 5.41) is 9.77. The monoisotopic (exact) mass is 331 g/mol. The fourth-order valence-electron chi connectivity index (χ4n) is 3.35. The van der Waals surface area contributed by atoms with E-state index in [2.05, 4.69) is 0 Å². The van der Waals surface area contributed by atoms with Gasteiger partial charge in [0.1, 0.15) is 0 Å². The van der Waals surface area contributed by atoms with Crippen LogP contribution < -0.4 is 0 Å². The quantitative estimate of drug-likeness (QED) is 0.868. The number of hydrogen-bond acceptors (Lipinski definition) is 3. The number of hydrogen-bond donors (Lipinski definition) is 1. The molecule has 3 nitrogen and oxygen atoms in total. The smallest absolute Gasteiger partial charge is 0.396 e. The summed E-state index contributed by atoms with van der Waals surface area (Å²) in [5.41, 5.74) is -0.556. The minimum absolute atomic E-state index is 0.0355. The number of nitrogens with zero attached hydrogens (tertiary/aromatic N) is 1. The van der Waals surface area contributed by atoms with Crippen molar-refractivity contribution >= 4 is 0 Å². The molecule has 130 valence electrons. The first kappa shape index (κ1) is 18.2. The van der Waals surface area contributed by atoms with Crippen LogP contribution in [0.5, 0.6) is 0 Å². The zero-order valence-corrected chi connectivity index (χ0v) is 13.4. The largest absolute Gasteiger partial charge is 0.416 e. The summed E-state index contributed by atoms with van der Waals surface area (Å²) < 4.78 is 44.4. The maximum Gasteiger partial charge on any atom is 0.416 e. The van der Waals surface area contributed by atoms with Gasteiger partial charge in [-0.1, -0.05) is 18.2 Å². The van der Waals surface area contributed by atoms with Gasteiger partial charge in [-0.05, 0) is 37.4 Å². The van der Waals surface area contributed by atoms with Crippen LogP contribution in [-0.4, -0.2) is 43.4 Å². The van der Waals surface area contributed by atoms with Gasteiger partial charge >= 0.3 is 6.18 Å². The molecule has 1 heterocycles. The van der Waals surface area contributed by atoms with Gasteiger partial charge in [-0.3, -0.25) is 4.90 Å². The zero-order chi connectivity index (χ0) is 16.9. The van der Waals surface area contributed by atoms with E-state index < -0.39 is 11.7 Å². The second-order valence-electron chi connectivity index (χ2n) is 6.37. The Morgan fingerprint density at radius 2 is 2.04 bits per heavy atom. The van der Waals surface area contributed by atoms with Crippen LogP contribution in [0.4, 0.5) is 13.2 Å². The Hall–Kier alpha value is -1.11. The highest BCUT2D eigenvalue weighted by Crippen LogP contribution is 2.36. The average Bonchev–Trinajstić information content (AvgIpc) is 2.53. The Morgan fingerprint density at radius 1 is 1.30 bits per heavy atom. The van der Waals surface area contributed by atoms with Crippen molar-refractivity contribution in [3.63, 3.8) is 0 Å². The van der Waals surface area contributed by atoms with Gasteiger partial charge in [0.05, 0.1) is 12.2 Å². The van der Waals surface area contributed by atoms with Gasteiger partial charge in [0, 0.05) is 32.2 Å². The predicted molar refractivity (Wildman–Crippen MR) is 82.0 cm³/mol. The molecule has 6 heteroatoms. The summed E-state index contributed by atoms with van der Waals surface area (Å²) in [4.78, 5) is 2.01. The summed E-state index contributed by atoms with van der Waals surface area (Å²) in [5.74, 6) is 0. The number of ether oxygens (including phenoxy) is 1. The highest BCUT2D eigenvalue weighted by molar-refractivity contribution is 5.29. The molecule has 0 spiro atoms. The lowest BCUT2D eigenvalue weighted by Crippen LogP contribution is -2.45. The summed E-state index contributed by atoms with van der Waals surface area (Å²) in [6.07, 6.45) is -1.86. The molecule has 1 fully saturated rings. The molecular formula is C17H24F3NO2.